The Kier molecular flexibility index (Phi) is 7.53. The van der Waals surface area contributed by atoms with E-state index in [1.807, 2.05) is 31.3 Å². The number of piperidine rings is 1. The average Bonchev–Trinajstić information content (AvgIpc) is 2.73. The van der Waals surface area contributed by atoms with Crippen molar-refractivity contribution in [3.63, 3.8) is 0 Å². The third-order valence-corrected chi connectivity index (χ3v) is 5.76. The quantitative estimate of drug-likeness (QED) is 0.755. The molecule has 0 bridgehead atoms. The first-order valence-corrected chi connectivity index (χ1v) is 10.5. The van der Waals surface area contributed by atoms with Gasteiger partial charge >= 0.3 is 6.03 Å². The molecule has 1 saturated heterocycles. The molecule has 156 valence electrons. The van der Waals surface area contributed by atoms with Gasteiger partial charge in [-0.2, -0.15) is 0 Å². The zero-order valence-electron chi connectivity index (χ0n) is 17.9. The van der Waals surface area contributed by atoms with Gasteiger partial charge in [-0.1, -0.05) is 30.3 Å². The van der Waals surface area contributed by atoms with E-state index in [9.17, 15) is 4.79 Å². The van der Waals surface area contributed by atoms with E-state index in [1.165, 1.54) is 24.0 Å². The lowest BCUT2D eigenvalue weighted by Gasteiger charge is -2.34. The summed E-state index contributed by atoms with van der Waals surface area (Å²) >= 11 is 0. The average molecular weight is 396 g/mol. The second-order valence-corrected chi connectivity index (χ2v) is 8.03. The fourth-order valence-electron chi connectivity index (χ4n) is 4.06. The Balaban J connectivity index is 1.47. The van der Waals surface area contributed by atoms with Gasteiger partial charge in [-0.05, 0) is 61.9 Å². The molecule has 0 aromatic heterocycles. The lowest BCUT2D eigenvalue weighted by Crippen LogP contribution is -2.43. The summed E-state index contributed by atoms with van der Waals surface area (Å²) in [6.07, 6.45) is 3.47. The topological polar surface area (TPSA) is 44.8 Å². The zero-order chi connectivity index (χ0) is 20.6. The van der Waals surface area contributed by atoms with E-state index in [1.54, 1.807) is 12.0 Å². The van der Waals surface area contributed by atoms with Crippen molar-refractivity contribution in [3.8, 4) is 5.75 Å². The van der Waals surface area contributed by atoms with Gasteiger partial charge in [0.15, 0.2) is 0 Å². The van der Waals surface area contributed by atoms with Gasteiger partial charge in [-0.3, -0.25) is 0 Å². The van der Waals surface area contributed by atoms with Crippen LogP contribution in [0.1, 0.15) is 24.0 Å². The monoisotopic (exact) mass is 395 g/mol. The number of carbonyl (C=O) groups is 1. The number of anilines is 1. The van der Waals surface area contributed by atoms with Crippen LogP contribution in [-0.2, 0) is 6.42 Å². The van der Waals surface area contributed by atoms with E-state index < -0.39 is 0 Å². The predicted octanol–water partition coefficient (Wildman–Crippen LogP) is 4.42. The molecule has 2 aromatic rings. The number of nitrogens with one attached hydrogen (secondary N) is 1. The number of ether oxygens (including phenoxy) is 1. The highest BCUT2D eigenvalue weighted by Gasteiger charge is 2.22. The Bertz CT molecular complexity index is 808. The van der Waals surface area contributed by atoms with Gasteiger partial charge in [0.1, 0.15) is 5.75 Å². The maximum Gasteiger partial charge on any atom is 0.321 e. The molecule has 0 aliphatic carbocycles. The summed E-state index contributed by atoms with van der Waals surface area (Å²) < 4.78 is 5.22. The maximum absolute atomic E-state index is 12.6. The van der Waals surface area contributed by atoms with Crippen molar-refractivity contribution in [1.82, 2.24) is 9.80 Å². The van der Waals surface area contributed by atoms with E-state index >= 15 is 0 Å². The molecule has 0 saturated carbocycles. The van der Waals surface area contributed by atoms with Gasteiger partial charge in [-0.15, -0.1) is 0 Å². The second-order valence-electron chi connectivity index (χ2n) is 8.03. The molecule has 1 aliphatic rings. The van der Waals surface area contributed by atoms with Gasteiger partial charge in [0.2, 0.25) is 0 Å². The number of carbonyl (C=O) groups excluding carboxylic acids is 1. The molecule has 3 rings (SSSR count). The zero-order valence-corrected chi connectivity index (χ0v) is 17.9. The SMILES string of the molecule is COc1cccc(NC(=O)N(C)C[C@@H]2CCCN(CCc3ccccc3C)C2)c1. The van der Waals surface area contributed by atoms with Crippen LogP contribution in [0.3, 0.4) is 0 Å². The molecule has 1 fully saturated rings. The summed E-state index contributed by atoms with van der Waals surface area (Å²) in [7, 11) is 3.50. The van der Waals surface area contributed by atoms with Crippen LogP contribution in [0.4, 0.5) is 10.5 Å². The van der Waals surface area contributed by atoms with Crippen LogP contribution in [0.2, 0.25) is 0 Å². The minimum Gasteiger partial charge on any atom is -0.497 e. The normalized spacial score (nSPS) is 17.0. The van der Waals surface area contributed by atoms with Crippen molar-refractivity contribution in [2.45, 2.75) is 26.2 Å². The minimum absolute atomic E-state index is 0.0738. The van der Waals surface area contributed by atoms with Gasteiger partial charge in [0.05, 0.1) is 7.11 Å². The summed E-state index contributed by atoms with van der Waals surface area (Å²) in [6.45, 7) is 6.26. The van der Waals surface area contributed by atoms with Crippen molar-refractivity contribution < 1.29 is 9.53 Å². The standard InChI is InChI=1S/C24H33N3O2/c1-19-8-4-5-10-21(19)13-15-27-14-7-9-20(18-27)17-26(2)24(28)25-22-11-6-12-23(16-22)29-3/h4-6,8,10-12,16,20H,7,9,13-15,17-18H2,1-3H3,(H,25,28)/t20-/m0/s1. The summed E-state index contributed by atoms with van der Waals surface area (Å²) in [5.74, 6) is 1.25. The van der Waals surface area contributed by atoms with Crippen molar-refractivity contribution in [2.75, 3.05) is 45.7 Å². The molecule has 2 amide bonds. The highest BCUT2D eigenvalue weighted by Crippen LogP contribution is 2.20. The van der Waals surface area contributed by atoms with Crippen LogP contribution in [0.25, 0.3) is 0 Å². The molecule has 0 radical (unpaired) electrons. The summed E-state index contributed by atoms with van der Waals surface area (Å²) in [5, 5.41) is 2.96. The summed E-state index contributed by atoms with van der Waals surface area (Å²) in [4.78, 5) is 16.9. The lowest BCUT2D eigenvalue weighted by atomic mass is 9.97. The van der Waals surface area contributed by atoms with Crippen molar-refractivity contribution >= 4 is 11.7 Å². The van der Waals surface area contributed by atoms with Gasteiger partial charge < -0.3 is 19.9 Å². The van der Waals surface area contributed by atoms with Crippen LogP contribution < -0.4 is 10.1 Å². The molecule has 1 N–H and O–H groups in total. The molecular formula is C24H33N3O2. The number of amides is 2. The van der Waals surface area contributed by atoms with E-state index in [0.29, 0.717) is 5.92 Å². The first kappa shape index (κ1) is 21.2. The van der Waals surface area contributed by atoms with Gasteiger partial charge in [-0.25, -0.2) is 4.79 Å². The van der Waals surface area contributed by atoms with E-state index in [-0.39, 0.29) is 6.03 Å². The fraction of sp³-hybridized carbons (Fsp3) is 0.458. The van der Waals surface area contributed by atoms with Crippen LogP contribution in [0.15, 0.2) is 48.5 Å². The molecule has 5 nitrogen and oxygen atoms in total. The van der Waals surface area contributed by atoms with E-state index in [4.69, 9.17) is 4.74 Å². The Morgan fingerprint density at radius 1 is 1.24 bits per heavy atom. The van der Waals surface area contributed by atoms with Crippen LogP contribution in [0.5, 0.6) is 5.75 Å². The number of benzene rings is 2. The number of rotatable bonds is 7. The fourth-order valence-corrected chi connectivity index (χ4v) is 4.06. The summed E-state index contributed by atoms with van der Waals surface area (Å²) in [6, 6.07) is 16.0. The van der Waals surface area contributed by atoms with Crippen molar-refractivity contribution in [3.05, 3.63) is 59.7 Å². The van der Waals surface area contributed by atoms with Crippen LogP contribution in [-0.4, -0.2) is 56.2 Å². The third-order valence-electron chi connectivity index (χ3n) is 5.76. The number of hydrogen-bond acceptors (Lipinski definition) is 3. The first-order valence-electron chi connectivity index (χ1n) is 10.5. The molecule has 2 aromatic carbocycles. The molecular weight excluding hydrogens is 362 g/mol. The smallest absolute Gasteiger partial charge is 0.321 e. The van der Waals surface area contributed by atoms with Crippen LogP contribution >= 0.6 is 0 Å². The number of aryl methyl sites for hydroxylation is 1. The van der Waals surface area contributed by atoms with Crippen molar-refractivity contribution in [1.29, 1.82) is 0 Å². The van der Waals surface area contributed by atoms with Crippen LogP contribution in [0, 0.1) is 12.8 Å². The van der Waals surface area contributed by atoms with Gasteiger partial charge in [0, 0.05) is 38.4 Å². The first-order chi connectivity index (χ1) is 14.0. The number of likely N-dealkylation sites (tertiary alicyclic amines) is 1. The Hall–Kier alpha value is -2.53. The molecule has 1 heterocycles. The van der Waals surface area contributed by atoms with E-state index in [0.717, 1.165) is 44.0 Å². The predicted molar refractivity (Wildman–Crippen MR) is 119 cm³/mol. The van der Waals surface area contributed by atoms with Crippen molar-refractivity contribution in [2.24, 2.45) is 5.92 Å². The number of methoxy groups -OCH3 is 1. The molecule has 1 aliphatic heterocycles. The molecule has 0 unspecified atom stereocenters. The Labute approximate surface area is 174 Å². The number of hydrogen-bond donors (Lipinski definition) is 1. The maximum atomic E-state index is 12.6. The third kappa shape index (κ3) is 6.23. The number of nitrogens with zero attached hydrogens (tertiary/aromatic N) is 2. The highest BCUT2D eigenvalue weighted by atomic mass is 16.5. The van der Waals surface area contributed by atoms with Gasteiger partial charge in [0.25, 0.3) is 0 Å². The largest absolute Gasteiger partial charge is 0.497 e. The molecule has 1 atom stereocenters. The Morgan fingerprint density at radius 3 is 2.86 bits per heavy atom. The number of urea groups is 1. The molecule has 5 heteroatoms. The minimum atomic E-state index is -0.0738. The Morgan fingerprint density at radius 2 is 2.07 bits per heavy atom. The second kappa shape index (κ2) is 10.3. The molecule has 29 heavy (non-hydrogen) atoms. The van der Waals surface area contributed by atoms with E-state index in [2.05, 4.69) is 41.4 Å². The lowest BCUT2D eigenvalue weighted by molar-refractivity contribution is 0.150. The summed E-state index contributed by atoms with van der Waals surface area (Å²) in [5.41, 5.74) is 3.56. The molecule has 0 spiro atoms. The highest BCUT2D eigenvalue weighted by molar-refractivity contribution is 5.89.